The predicted octanol–water partition coefficient (Wildman–Crippen LogP) is 4.29. The molecule has 9 heteroatoms. The standard InChI is InChI=1S/C20H20Cl2N2O5/c1-28-17-6-3-2-5-16(17)24-18(25)7-4-8-20(27)29-12-19(26)23-15-10-9-13(21)11-14(15)22/h2-3,5-6,9-11H,4,7-8,12H2,1H3,(H,23,26)(H,24,25). The number of amides is 2. The summed E-state index contributed by atoms with van der Waals surface area (Å²) in [7, 11) is 1.51. The van der Waals surface area contributed by atoms with Crippen LogP contribution in [0.2, 0.25) is 10.0 Å². The zero-order valence-electron chi connectivity index (χ0n) is 15.7. The highest BCUT2D eigenvalue weighted by molar-refractivity contribution is 6.36. The number of carbonyl (C=O) groups excluding carboxylic acids is 3. The highest BCUT2D eigenvalue weighted by Crippen LogP contribution is 2.25. The van der Waals surface area contributed by atoms with E-state index in [-0.39, 0.29) is 30.2 Å². The van der Waals surface area contributed by atoms with Crippen LogP contribution in [-0.2, 0) is 19.1 Å². The van der Waals surface area contributed by atoms with Gasteiger partial charge in [-0.25, -0.2) is 0 Å². The number of hydrogen-bond donors (Lipinski definition) is 2. The van der Waals surface area contributed by atoms with Crippen LogP contribution in [-0.4, -0.2) is 31.5 Å². The number of anilines is 2. The molecule has 0 radical (unpaired) electrons. The summed E-state index contributed by atoms with van der Waals surface area (Å²) in [4.78, 5) is 35.6. The SMILES string of the molecule is COc1ccccc1NC(=O)CCCC(=O)OCC(=O)Nc1ccc(Cl)cc1Cl. The smallest absolute Gasteiger partial charge is 0.306 e. The van der Waals surface area contributed by atoms with Crippen LogP contribution in [0.4, 0.5) is 11.4 Å². The summed E-state index contributed by atoms with van der Waals surface area (Å²) in [5.41, 5.74) is 0.922. The summed E-state index contributed by atoms with van der Waals surface area (Å²) >= 11 is 11.7. The molecular formula is C20H20Cl2N2O5. The highest BCUT2D eigenvalue weighted by atomic mass is 35.5. The van der Waals surface area contributed by atoms with E-state index in [9.17, 15) is 14.4 Å². The van der Waals surface area contributed by atoms with Crippen molar-refractivity contribution >= 4 is 52.4 Å². The minimum atomic E-state index is -0.576. The lowest BCUT2D eigenvalue weighted by Crippen LogP contribution is -2.21. The number of esters is 1. The highest BCUT2D eigenvalue weighted by Gasteiger charge is 2.12. The van der Waals surface area contributed by atoms with Crippen molar-refractivity contribution in [2.45, 2.75) is 19.3 Å². The number of rotatable bonds is 9. The molecule has 2 aromatic carbocycles. The molecule has 0 aliphatic heterocycles. The van der Waals surface area contributed by atoms with Crippen molar-refractivity contribution in [1.29, 1.82) is 0 Å². The summed E-state index contributed by atoms with van der Waals surface area (Å²) in [5, 5.41) is 5.96. The van der Waals surface area contributed by atoms with E-state index in [0.717, 1.165) is 0 Å². The van der Waals surface area contributed by atoms with E-state index < -0.39 is 18.5 Å². The third-order valence-corrected chi connectivity index (χ3v) is 4.28. The van der Waals surface area contributed by atoms with Crippen molar-refractivity contribution < 1.29 is 23.9 Å². The van der Waals surface area contributed by atoms with Crippen LogP contribution >= 0.6 is 23.2 Å². The van der Waals surface area contributed by atoms with Crippen LogP contribution in [0, 0.1) is 0 Å². The molecule has 2 amide bonds. The Labute approximate surface area is 178 Å². The molecule has 0 saturated carbocycles. The van der Waals surface area contributed by atoms with Crippen molar-refractivity contribution in [3.63, 3.8) is 0 Å². The number of ether oxygens (including phenoxy) is 2. The first-order valence-corrected chi connectivity index (χ1v) is 9.48. The summed E-state index contributed by atoms with van der Waals surface area (Å²) in [6, 6.07) is 11.6. The third kappa shape index (κ3) is 7.63. The molecule has 0 fully saturated rings. The quantitative estimate of drug-likeness (QED) is 0.569. The summed E-state index contributed by atoms with van der Waals surface area (Å²) in [6.07, 6.45) is 0.415. The van der Waals surface area contributed by atoms with Gasteiger partial charge in [-0.15, -0.1) is 0 Å². The van der Waals surface area contributed by atoms with E-state index in [1.54, 1.807) is 36.4 Å². The first-order valence-electron chi connectivity index (χ1n) is 8.72. The minimum absolute atomic E-state index is 0.00826. The Bertz CT molecular complexity index is 889. The van der Waals surface area contributed by atoms with Crippen LogP contribution < -0.4 is 15.4 Å². The van der Waals surface area contributed by atoms with Gasteiger partial charge >= 0.3 is 5.97 Å². The van der Waals surface area contributed by atoms with Crippen molar-refractivity contribution in [2.75, 3.05) is 24.4 Å². The zero-order valence-corrected chi connectivity index (χ0v) is 17.2. The summed E-state index contributed by atoms with van der Waals surface area (Å²) in [6.45, 7) is -0.453. The van der Waals surface area contributed by atoms with Crippen molar-refractivity contribution in [1.82, 2.24) is 0 Å². The molecule has 0 aliphatic rings. The van der Waals surface area contributed by atoms with Gasteiger partial charge in [-0.1, -0.05) is 35.3 Å². The fourth-order valence-electron chi connectivity index (χ4n) is 2.35. The molecule has 7 nitrogen and oxygen atoms in total. The maximum absolute atomic E-state index is 12.0. The number of para-hydroxylation sites is 2. The van der Waals surface area contributed by atoms with Gasteiger partial charge in [0.1, 0.15) is 5.75 Å². The van der Waals surface area contributed by atoms with Crippen LogP contribution in [0.25, 0.3) is 0 Å². The Balaban J connectivity index is 1.67. The van der Waals surface area contributed by atoms with Crippen molar-refractivity contribution in [3.8, 4) is 5.75 Å². The number of carbonyl (C=O) groups is 3. The molecule has 2 N–H and O–H groups in total. The van der Waals surface area contributed by atoms with Gasteiger partial charge in [0.25, 0.3) is 5.91 Å². The number of nitrogens with one attached hydrogen (secondary N) is 2. The van der Waals surface area contributed by atoms with Gasteiger partial charge < -0.3 is 20.1 Å². The van der Waals surface area contributed by atoms with Gasteiger partial charge in [0.15, 0.2) is 6.61 Å². The van der Waals surface area contributed by atoms with Gasteiger partial charge in [-0.2, -0.15) is 0 Å². The lowest BCUT2D eigenvalue weighted by atomic mass is 10.2. The zero-order chi connectivity index (χ0) is 21.2. The van der Waals surface area contributed by atoms with E-state index in [1.165, 1.54) is 13.2 Å². The molecule has 2 rings (SSSR count). The summed E-state index contributed by atoms with van der Waals surface area (Å²) in [5.74, 6) is -0.812. The molecular weight excluding hydrogens is 419 g/mol. The molecule has 0 atom stereocenters. The Morgan fingerprint density at radius 2 is 1.66 bits per heavy atom. The van der Waals surface area contributed by atoms with Crippen molar-refractivity contribution in [2.24, 2.45) is 0 Å². The lowest BCUT2D eigenvalue weighted by Gasteiger charge is -2.10. The number of halogens is 2. The number of methoxy groups -OCH3 is 1. The van der Waals surface area contributed by atoms with Gasteiger partial charge in [0.05, 0.1) is 23.5 Å². The Morgan fingerprint density at radius 3 is 2.38 bits per heavy atom. The van der Waals surface area contributed by atoms with Crippen LogP contribution in [0.5, 0.6) is 5.75 Å². The first-order chi connectivity index (χ1) is 13.9. The van der Waals surface area contributed by atoms with E-state index in [0.29, 0.717) is 22.1 Å². The van der Waals surface area contributed by atoms with Crippen LogP contribution in [0.15, 0.2) is 42.5 Å². The molecule has 0 bridgehead atoms. The second-order valence-electron chi connectivity index (χ2n) is 5.94. The van der Waals surface area contributed by atoms with E-state index >= 15 is 0 Å². The average Bonchev–Trinajstić information content (AvgIpc) is 2.69. The third-order valence-electron chi connectivity index (χ3n) is 3.74. The fraction of sp³-hybridized carbons (Fsp3) is 0.250. The van der Waals surface area contributed by atoms with Gasteiger partial charge in [0, 0.05) is 17.9 Å². The second kappa shape index (κ2) is 11.3. The monoisotopic (exact) mass is 438 g/mol. The number of benzene rings is 2. The van der Waals surface area contributed by atoms with Crippen LogP contribution in [0.3, 0.4) is 0 Å². The molecule has 0 heterocycles. The molecule has 154 valence electrons. The van der Waals surface area contributed by atoms with Crippen LogP contribution in [0.1, 0.15) is 19.3 Å². The molecule has 0 unspecified atom stereocenters. The second-order valence-corrected chi connectivity index (χ2v) is 6.78. The van der Waals surface area contributed by atoms with E-state index in [4.69, 9.17) is 32.7 Å². The van der Waals surface area contributed by atoms with Gasteiger partial charge in [-0.3, -0.25) is 14.4 Å². The fourth-order valence-corrected chi connectivity index (χ4v) is 2.80. The van der Waals surface area contributed by atoms with E-state index in [1.807, 2.05) is 0 Å². The lowest BCUT2D eigenvalue weighted by molar-refractivity contribution is -0.147. The summed E-state index contributed by atoms with van der Waals surface area (Å²) < 4.78 is 10.1. The van der Waals surface area contributed by atoms with Gasteiger partial charge in [-0.05, 0) is 36.8 Å². The Morgan fingerprint density at radius 1 is 0.931 bits per heavy atom. The molecule has 29 heavy (non-hydrogen) atoms. The Hall–Kier alpha value is -2.77. The normalized spacial score (nSPS) is 10.2. The molecule has 2 aromatic rings. The number of hydrogen-bond acceptors (Lipinski definition) is 5. The average molecular weight is 439 g/mol. The topological polar surface area (TPSA) is 93.7 Å². The predicted molar refractivity (Wildman–Crippen MR) is 112 cm³/mol. The maximum atomic E-state index is 12.0. The molecule has 0 saturated heterocycles. The molecule has 0 aliphatic carbocycles. The van der Waals surface area contributed by atoms with Crippen molar-refractivity contribution in [3.05, 3.63) is 52.5 Å². The molecule has 0 aromatic heterocycles. The van der Waals surface area contributed by atoms with E-state index in [2.05, 4.69) is 10.6 Å². The van der Waals surface area contributed by atoms with Gasteiger partial charge in [0.2, 0.25) is 5.91 Å². The minimum Gasteiger partial charge on any atom is -0.495 e. The molecule has 0 spiro atoms. The first kappa shape index (κ1) is 22.5. The Kier molecular flexibility index (Phi) is 8.76. The largest absolute Gasteiger partial charge is 0.495 e. The maximum Gasteiger partial charge on any atom is 0.306 e.